The lowest BCUT2D eigenvalue weighted by molar-refractivity contribution is 0.0841. The molecule has 9 heteroatoms. The van der Waals surface area contributed by atoms with Gasteiger partial charge in [0.15, 0.2) is 5.69 Å². The van der Waals surface area contributed by atoms with E-state index in [1.807, 2.05) is 4.90 Å². The van der Waals surface area contributed by atoms with Crippen LogP contribution in [0.3, 0.4) is 0 Å². The van der Waals surface area contributed by atoms with E-state index in [4.69, 9.17) is 11.6 Å². The molecule has 1 saturated heterocycles. The predicted octanol–water partition coefficient (Wildman–Crippen LogP) is 1.13. The van der Waals surface area contributed by atoms with Crippen LogP contribution in [-0.4, -0.2) is 39.9 Å². The number of hydrogen-bond acceptors (Lipinski definition) is 5. The molecule has 3 heterocycles. The fourth-order valence-electron chi connectivity index (χ4n) is 2.30. The smallest absolute Gasteiger partial charge is 0.290 e. The summed E-state index contributed by atoms with van der Waals surface area (Å²) in [6, 6.07) is 3.27. The molecule has 0 bridgehead atoms. The summed E-state index contributed by atoms with van der Waals surface area (Å²) in [7, 11) is 0. The SMILES string of the molecule is O=C(NNC(=O)c1nc(N2CCCC2)ncc1Cl)c1ccc[nH]1. The molecule has 1 aliphatic heterocycles. The van der Waals surface area contributed by atoms with E-state index in [1.165, 1.54) is 6.20 Å². The highest BCUT2D eigenvalue weighted by atomic mass is 35.5. The Morgan fingerprint density at radius 3 is 2.65 bits per heavy atom. The number of carbonyl (C=O) groups excluding carboxylic acids is 2. The van der Waals surface area contributed by atoms with Gasteiger partial charge in [-0.25, -0.2) is 9.97 Å². The van der Waals surface area contributed by atoms with Crippen LogP contribution in [0.15, 0.2) is 24.5 Å². The molecular weight excluding hydrogens is 320 g/mol. The van der Waals surface area contributed by atoms with E-state index >= 15 is 0 Å². The van der Waals surface area contributed by atoms with Crippen LogP contribution in [0.2, 0.25) is 5.02 Å². The van der Waals surface area contributed by atoms with Crippen molar-refractivity contribution >= 4 is 29.4 Å². The van der Waals surface area contributed by atoms with E-state index < -0.39 is 11.8 Å². The molecular formula is C14H15ClN6O2. The molecule has 0 atom stereocenters. The van der Waals surface area contributed by atoms with Gasteiger partial charge < -0.3 is 9.88 Å². The highest BCUT2D eigenvalue weighted by Crippen LogP contribution is 2.19. The van der Waals surface area contributed by atoms with Crippen molar-refractivity contribution in [1.29, 1.82) is 0 Å². The Balaban J connectivity index is 1.68. The first-order chi connectivity index (χ1) is 11.1. The van der Waals surface area contributed by atoms with Crippen molar-refractivity contribution in [2.45, 2.75) is 12.8 Å². The Hall–Kier alpha value is -2.61. The van der Waals surface area contributed by atoms with Crippen molar-refractivity contribution in [1.82, 2.24) is 25.8 Å². The third kappa shape index (κ3) is 3.42. The van der Waals surface area contributed by atoms with Gasteiger partial charge in [0.1, 0.15) is 5.69 Å². The number of hydrogen-bond donors (Lipinski definition) is 3. The maximum atomic E-state index is 12.2. The highest BCUT2D eigenvalue weighted by molar-refractivity contribution is 6.33. The van der Waals surface area contributed by atoms with Crippen LogP contribution >= 0.6 is 11.6 Å². The van der Waals surface area contributed by atoms with E-state index in [0.29, 0.717) is 11.6 Å². The number of nitrogens with zero attached hydrogens (tertiary/aromatic N) is 3. The van der Waals surface area contributed by atoms with Gasteiger partial charge in [-0.2, -0.15) is 0 Å². The number of anilines is 1. The summed E-state index contributed by atoms with van der Waals surface area (Å²) in [6.07, 6.45) is 5.14. The van der Waals surface area contributed by atoms with Crippen molar-refractivity contribution in [3.8, 4) is 0 Å². The molecule has 8 nitrogen and oxygen atoms in total. The van der Waals surface area contributed by atoms with Crippen molar-refractivity contribution < 1.29 is 9.59 Å². The summed E-state index contributed by atoms with van der Waals surface area (Å²) in [5.41, 5.74) is 4.94. The zero-order valence-electron chi connectivity index (χ0n) is 12.2. The average molecular weight is 335 g/mol. The van der Waals surface area contributed by atoms with Gasteiger partial charge in [0.25, 0.3) is 11.8 Å². The lowest BCUT2D eigenvalue weighted by Crippen LogP contribution is -2.42. The molecule has 3 N–H and O–H groups in total. The minimum Gasteiger partial charge on any atom is -0.357 e. The Bertz CT molecular complexity index is 712. The number of rotatable bonds is 3. The first-order valence-electron chi connectivity index (χ1n) is 7.17. The molecule has 0 aromatic carbocycles. The second kappa shape index (κ2) is 6.66. The summed E-state index contributed by atoms with van der Waals surface area (Å²) in [5, 5.41) is 0.125. The molecule has 0 radical (unpaired) electrons. The minimum atomic E-state index is -0.599. The first kappa shape index (κ1) is 15.3. The maximum Gasteiger partial charge on any atom is 0.290 e. The van der Waals surface area contributed by atoms with Crippen molar-refractivity contribution in [3.05, 3.63) is 40.9 Å². The molecule has 2 aromatic rings. The van der Waals surface area contributed by atoms with Gasteiger partial charge in [-0.1, -0.05) is 11.6 Å². The second-order valence-electron chi connectivity index (χ2n) is 5.05. The first-order valence-corrected chi connectivity index (χ1v) is 7.54. The van der Waals surface area contributed by atoms with E-state index in [2.05, 4.69) is 25.8 Å². The number of carbonyl (C=O) groups is 2. The fourth-order valence-corrected chi connectivity index (χ4v) is 2.48. The standard InChI is InChI=1S/C14H15ClN6O2/c15-9-8-17-14(21-6-1-2-7-21)18-11(9)13(23)20-19-12(22)10-4-3-5-16-10/h3-5,8,16H,1-2,6-7H2,(H,19,22)(H,20,23). The van der Waals surface area contributed by atoms with Crippen LogP contribution in [0.5, 0.6) is 0 Å². The van der Waals surface area contributed by atoms with E-state index in [0.717, 1.165) is 25.9 Å². The Morgan fingerprint density at radius 1 is 1.22 bits per heavy atom. The van der Waals surface area contributed by atoms with E-state index in [-0.39, 0.29) is 10.7 Å². The van der Waals surface area contributed by atoms with Crippen LogP contribution in [0.4, 0.5) is 5.95 Å². The largest absolute Gasteiger partial charge is 0.357 e. The Labute approximate surface area is 137 Å². The maximum absolute atomic E-state index is 12.2. The summed E-state index contributed by atoms with van der Waals surface area (Å²) in [4.78, 5) is 37.0. The predicted molar refractivity (Wildman–Crippen MR) is 84.2 cm³/mol. The van der Waals surface area contributed by atoms with Crippen LogP contribution in [0.1, 0.15) is 33.8 Å². The lowest BCUT2D eigenvalue weighted by Gasteiger charge is -2.16. The molecule has 2 amide bonds. The van der Waals surface area contributed by atoms with Gasteiger partial charge in [-0.15, -0.1) is 0 Å². The molecule has 1 fully saturated rings. The third-order valence-corrected chi connectivity index (χ3v) is 3.74. The number of nitrogens with one attached hydrogen (secondary N) is 3. The molecule has 0 aliphatic carbocycles. The summed E-state index contributed by atoms with van der Waals surface area (Å²) < 4.78 is 0. The van der Waals surface area contributed by atoms with E-state index in [1.54, 1.807) is 18.3 Å². The third-order valence-electron chi connectivity index (χ3n) is 3.47. The number of H-pyrrole nitrogens is 1. The monoisotopic (exact) mass is 334 g/mol. The van der Waals surface area contributed by atoms with Gasteiger partial charge >= 0.3 is 0 Å². The van der Waals surface area contributed by atoms with Crippen LogP contribution in [-0.2, 0) is 0 Å². The topological polar surface area (TPSA) is 103 Å². The normalized spacial score (nSPS) is 13.9. The molecule has 2 aromatic heterocycles. The quantitative estimate of drug-likeness (QED) is 0.730. The van der Waals surface area contributed by atoms with Gasteiger partial charge in [-0.05, 0) is 25.0 Å². The number of aromatic nitrogens is 3. The number of hydrazine groups is 1. The second-order valence-corrected chi connectivity index (χ2v) is 5.46. The van der Waals surface area contributed by atoms with Crippen molar-refractivity contribution in [2.24, 2.45) is 0 Å². The number of halogens is 1. The lowest BCUT2D eigenvalue weighted by atomic mass is 10.4. The number of amides is 2. The van der Waals surface area contributed by atoms with Gasteiger partial charge in [0, 0.05) is 19.3 Å². The molecule has 0 spiro atoms. The van der Waals surface area contributed by atoms with Crippen LogP contribution in [0, 0.1) is 0 Å². The zero-order chi connectivity index (χ0) is 16.2. The number of aromatic amines is 1. The average Bonchev–Trinajstić information content (AvgIpc) is 3.25. The molecule has 3 rings (SSSR count). The molecule has 1 aliphatic rings. The van der Waals surface area contributed by atoms with Gasteiger partial charge in [0.2, 0.25) is 5.95 Å². The van der Waals surface area contributed by atoms with E-state index in [9.17, 15) is 9.59 Å². The Kier molecular flexibility index (Phi) is 4.42. The molecule has 0 unspecified atom stereocenters. The zero-order valence-corrected chi connectivity index (χ0v) is 12.9. The van der Waals surface area contributed by atoms with Gasteiger partial charge in [0.05, 0.1) is 11.2 Å². The van der Waals surface area contributed by atoms with Crippen molar-refractivity contribution in [3.63, 3.8) is 0 Å². The Morgan fingerprint density at radius 2 is 1.96 bits per heavy atom. The van der Waals surface area contributed by atoms with Crippen molar-refractivity contribution in [2.75, 3.05) is 18.0 Å². The minimum absolute atomic E-state index is 0.0235. The van der Waals surface area contributed by atoms with Crippen LogP contribution < -0.4 is 15.8 Å². The highest BCUT2D eigenvalue weighted by Gasteiger charge is 2.20. The summed E-state index contributed by atoms with van der Waals surface area (Å²) >= 11 is 5.99. The molecule has 0 saturated carbocycles. The molecule has 120 valence electrons. The van der Waals surface area contributed by atoms with Crippen LogP contribution in [0.25, 0.3) is 0 Å². The molecule has 23 heavy (non-hydrogen) atoms. The fraction of sp³-hybridized carbons (Fsp3) is 0.286. The summed E-state index contributed by atoms with van der Waals surface area (Å²) in [6.45, 7) is 1.71. The van der Waals surface area contributed by atoms with Gasteiger partial charge in [-0.3, -0.25) is 20.4 Å². The summed E-state index contributed by atoms with van der Waals surface area (Å²) in [5.74, 6) is -0.598.